The molecule has 0 aliphatic carbocycles. The summed E-state index contributed by atoms with van der Waals surface area (Å²) >= 11 is 0. The first-order chi connectivity index (χ1) is 13.1. The first-order valence-corrected chi connectivity index (χ1v) is 8.95. The van der Waals surface area contributed by atoms with Crippen LogP contribution in [0.5, 0.6) is 0 Å². The third kappa shape index (κ3) is 3.51. The minimum Gasteiger partial charge on any atom is -0.323 e. The molecular weight excluding hydrogens is 341 g/mol. The monoisotopic (exact) mass is 361 g/mol. The van der Waals surface area contributed by atoms with Crippen molar-refractivity contribution < 1.29 is 4.39 Å². The molecule has 0 saturated carbocycles. The van der Waals surface area contributed by atoms with Gasteiger partial charge in [-0.25, -0.2) is 14.4 Å². The Balaban J connectivity index is 1.81. The van der Waals surface area contributed by atoms with Crippen LogP contribution in [0.15, 0.2) is 54.6 Å². The maximum Gasteiger partial charge on any atom is 0.153 e. The van der Waals surface area contributed by atoms with Gasteiger partial charge in [0.15, 0.2) is 5.82 Å². The van der Waals surface area contributed by atoms with Gasteiger partial charge >= 0.3 is 0 Å². The van der Waals surface area contributed by atoms with Gasteiger partial charge in [0.1, 0.15) is 17.5 Å². The summed E-state index contributed by atoms with van der Waals surface area (Å²) in [5, 5.41) is 11.4. The van der Waals surface area contributed by atoms with Crippen LogP contribution in [-0.4, -0.2) is 20.2 Å². The summed E-state index contributed by atoms with van der Waals surface area (Å²) in [6, 6.07) is 16.4. The van der Waals surface area contributed by atoms with Gasteiger partial charge in [-0.1, -0.05) is 31.2 Å². The Morgan fingerprint density at radius 1 is 1.07 bits per heavy atom. The maximum atomic E-state index is 13.3. The molecule has 136 valence electrons. The molecule has 0 aliphatic heterocycles. The standard InChI is InChI=1S/C21H20FN5/c1-3-16(14-8-10-15(22)11-9-14)20-23-18-7-5-4-6-17(18)21(25-20)24-19-12-13(2)26-27-19/h4-12,16H,3H2,1-2H3,(H2,23,24,25,26,27)/t16-/m1/s1. The van der Waals surface area contributed by atoms with Crippen LogP contribution in [0.1, 0.15) is 36.3 Å². The predicted molar refractivity (Wildman–Crippen MR) is 105 cm³/mol. The van der Waals surface area contributed by atoms with Gasteiger partial charge < -0.3 is 5.32 Å². The summed E-state index contributed by atoms with van der Waals surface area (Å²) in [5.74, 6) is 1.86. The number of H-pyrrole nitrogens is 1. The van der Waals surface area contributed by atoms with Gasteiger partial charge in [-0.05, 0) is 43.2 Å². The van der Waals surface area contributed by atoms with Crippen molar-refractivity contribution in [2.24, 2.45) is 0 Å². The lowest BCUT2D eigenvalue weighted by Gasteiger charge is -2.16. The summed E-state index contributed by atoms with van der Waals surface area (Å²) in [7, 11) is 0. The third-order valence-corrected chi connectivity index (χ3v) is 4.57. The average molecular weight is 361 g/mol. The lowest BCUT2D eigenvalue weighted by Crippen LogP contribution is -2.08. The van der Waals surface area contributed by atoms with Crippen molar-refractivity contribution in [1.82, 2.24) is 20.2 Å². The lowest BCUT2D eigenvalue weighted by molar-refractivity contribution is 0.625. The average Bonchev–Trinajstić information content (AvgIpc) is 3.09. The molecule has 0 fully saturated rings. The number of para-hydroxylation sites is 1. The summed E-state index contributed by atoms with van der Waals surface area (Å²) in [6.45, 7) is 4.03. The van der Waals surface area contributed by atoms with E-state index >= 15 is 0 Å². The molecule has 2 N–H and O–H groups in total. The molecule has 0 radical (unpaired) electrons. The lowest BCUT2D eigenvalue weighted by atomic mass is 9.95. The number of halogens is 1. The Labute approximate surface area is 156 Å². The zero-order chi connectivity index (χ0) is 18.8. The largest absolute Gasteiger partial charge is 0.323 e. The fraction of sp³-hybridized carbons (Fsp3) is 0.190. The van der Waals surface area contributed by atoms with E-state index in [0.29, 0.717) is 17.5 Å². The highest BCUT2D eigenvalue weighted by Crippen LogP contribution is 2.30. The van der Waals surface area contributed by atoms with E-state index in [2.05, 4.69) is 22.4 Å². The number of nitrogens with zero attached hydrogens (tertiary/aromatic N) is 3. The molecule has 2 aromatic carbocycles. The summed E-state index contributed by atoms with van der Waals surface area (Å²) in [6.07, 6.45) is 0.810. The van der Waals surface area contributed by atoms with Crippen LogP contribution in [0.4, 0.5) is 16.0 Å². The van der Waals surface area contributed by atoms with E-state index in [-0.39, 0.29) is 11.7 Å². The first kappa shape index (κ1) is 17.1. The van der Waals surface area contributed by atoms with E-state index in [0.717, 1.165) is 28.6 Å². The second-order valence-electron chi connectivity index (χ2n) is 6.52. The number of aryl methyl sites for hydroxylation is 1. The number of nitrogens with one attached hydrogen (secondary N) is 2. The Morgan fingerprint density at radius 3 is 2.56 bits per heavy atom. The van der Waals surface area contributed by atoms with Gasteiger partial charge in [0.05, 0.1) is 5.52 Å². The van der Waals surface area contributed by atoms with Crippen LogP contribution >= 0.6 is 0 Å². The number of fused-ring (bicyclic) bond motifs is 1. The van der Waals surface area contributed by atoms with Crippen molar-refractivity contribution >= 4 is 22.5 Å². The number of aromatic nitrogens is 4. The fourth-order valence-electron chi connectivity index (χ4n) is 3.21. The molecule has 0 spiro atoms. The second-order valence-corrected chi connectivity index (χ2v) is 6.52. The molecule has 6 heteroatoms. The van der Waals surface area contributed by atoms with Crippen molar-refractivity contribution in [3.63, 3.8) is 0 Å². The number of anilines is 2. The van der Waals surface area contributed by atoms with E-state index in [9.17, 15) is 4.39 Å². The van der Waals surface area contributed by atoms with E-state index in [1.165, 1.54) is 12.1 Å². The van der Waals surface area contributed by atoms with Gasteiger partial charge in [-0.3, -0.25) is 5.10 Å². The molecule has 0 amide bonds. The van der Waals surface area contributed by atoms with Crippen LogP contribution in [0.25, 0.3) is 10.9 Å². The molecule has 4 rings (SSSR count). The molecule has 1 atom stereocenters. The van der Waals surface area contributed by atoms with Crippen LogP contribution in [0.2, 0.25) is 0 Å². The van der Waals surface area contributed by atoms with Gasteiger partial charge in [0.25, 0.3) is 0 Å². The summed E-state index contributed by atoms with van der Waals surface area (Å²) in [4.78, 5) is 9.59. The van der Waals surface area contributed by atoms with Gasteiger partial charge in [-0.2, -0.15) is 5.10 Å². The van der Waals surface area contributed by atoms with Crippen LogP contribution < -0.4 is 5.32 Å². The van der Waals surface area contributed by atoms with E-state index in [4.69, 9.17) is 9.97 Å². The van der Waals surface area contributed by atoms with Crippen LogP contribution in [-0.2, 0) is 0 Å². The molecule has 2 aromatic heterocycles. The van der Waals surface area contributed by atoms with Crippen molar-refractivity contribution in [3.8, 4) is 0 Å². The predicted octanol–water partition coefficient (Wildman–Crippen LogP) is 5.09. The van der Waals surface area contributed by atoms with Gasteiger partial charge in [0.2, 0.25) is 0 Å². The number of rotatable bonds is 5. The number of hydrogen-bond donors (Lipinski definition) is 2. The number of aromatic amines is 1. The zero-order valence-electron chi connectivity index (χ0n) is 15.2. The summed E-state index contributed by atoms with van der Waals surface area (Å²) in [5.41, 5.74) is 2.82. The van der Waals surface area contributed by atoms with Crippen LogP contribution in [0, 0.1) is 12.7 Å². The molecule has 0 aliphatic rings. The second kappa shape index (κ2) is 7.15. The fourth-order valence-corrected chi connectivity index (χ4v) is 3.21. The SMILES string of the molecule is CC[C@H](c1ccc(F)cc1)c1nc(Nc2cc(C)[nH]n2)c2ccccc2n1. The molecule has 0 bridgehead atoms. The molecule has 27 heavy (non-hydrogen) atoms. The van der Waals surface area contributed by atoms with Gasteiger partial charge in [0, 0.05) is 23.1 Å². The Hall–Kier alpha value is -3.28. The molecule has 4 aromatic rings. The highest BCUT2D eigenvalue weighted by Gasteiger charge is 2.18. The topological polar surface area (TPSA) is 66.5 Å². The molecule has 0 unspecified atom stereocenters. The highest BCUT2D eigenvalue weighted by molar-refractivity contribution is 5.90. The Bertz CT molecular complexity index is 1070. The van der Waals surface area contributed by atoms with Crippen molar-refractivity contribution in [2.75, 3.05) is 5.32 Å². The molecule has 2 heterocycles. The Morgan fingerprint density at radius 2 is 1.85 bits per heavy atom. The van der Waals surface area contributed by atoms with E-state index < -0.39 is 0 Å². The molecule has 0 saturated heterocycles. The maximum absolute atomic E-state index is 13.3. The first-order valence-electron chi connectivity index (χ1n) is 8.95. The van der Waals surface area contributed by atoms with E-state index in [1.54, 1.807) is 12.1 Å². The number of benzene rings is 2. The van der Waals surface area contributed by atoms with Crippen molar-refractivity contribution in [1.29, 1.82) is 0 Å². The van der Waals surface area contributed by atoms with E-state index in [1.807, 2.05) is 37.3 Å². The minimum atomic E-state index is -0.246. The molecule has 5 nitrogen and oxygen atoms in total. The highest BCUT2D eigenvalue weighted by atomic mass is 19.1. The zero-order valence-corrected chi connectivity index (χ0v) is 15.2. The Kier molecular flexibility index (Phi) is 4.54. The smallest absolute Gasteiger partial charge is 0.153 e. The quantitative estimate of drug-likeness (QED) is 0.520. The van der Waals surface area contributed by atoms with Crippen LogP contribution in [0.3, 0.4) is 0 Å². The van der Waals surface area contributed by atoms with Gasteiger partial charge in [-0.15, -0.1) is 0 Å². The van der Waals surface area contributed by atoms with Crippen molar-refractivity contribution in [3.05, 3.63) is 77.5 Å². The van der Waals surface area contributed by atoms with Crippen molar-refractivity contribution in [2.45, 2.75) is 26.2 Å². The number of hydrogen-bond acceptors (Lipinski definition) is 4. The third-order valence-electron chi connectivity index (χ3n) is 4.57. The summed E-state index contributed by atoms with van der Waals surface area (Å²) < 4.78 is 13.3. The molecular formula is C21H20FN5. The minimum absolute atomic E-state index is 0.0170. The normalized spacial score (nSPS) is 12.3.